The first-order valence-electron chi connectivity index (χ1n) is 17.5. The van der Waals surface area contributed by atoms with E-state index in [1.165, 1.54) is 37.5 Å². The minimum Gasteiger partial charge on any atom is -0.507 e. The number of nitrogens with two attached hydrogens (primary N) is 1. The number of rotatable bonds is 12. The van der Waals surface area contributed by atoms with Crippen molar-refractivity contribution >= 4 is 35.0 Å². The molecule has 0 bridgehead atoms. The van der Waals surface area contributed by atoms with Crippen molar-refractivity contribution in [3.05, 3.63) is 63.7 Å². The predicted molar refractivity (Wildman–Crippen MR) is 187 cm³/mol. The van der Waals surface area contributed by atoms with Crippen LogP contribution in [0.2, 0.25) is 0 Å². The Kier molecular flexibility index (Phi) is 11.0. The summed E-state index contributed by atoms with van der Waals surface area (Å²) in [6.07, 6.45) is -1.56. The van der Waals surface area contributed by atoms with Crippen LogP contribution < -0.4 is 15.9 Å². The molecule has 8 N–H and O–H groups in total. The number of hydrogen-bond donors (Lipinski definition) is 7. The van der Waals surface area contributed by atoms with Gasteiger partial charge in [0, 0.05) is 67.1 Å². The summed E-state index contributed by atoms with van der Waals surface area (Å²) in [6.45, 7) is 0.910. The van der Waals surface area contributed by atoms with E-state index in [4.69, 9.17) is 19.9 Å². The topological polar surface area (TPSA) is 268 Å². The Morgan fingerprint density at radius 3 is 2.43 bits per heavy atom. The molecular weight excluding hydrogens is 708 g/mol. The van der Waals surface area contributed by atoms with E-state index in [0.717, 1.165) is 4.90 Å². The molecule has 0 radical (unpaired) electrons. The summed E-state index contributed by atoms with van der Waals surface area (Å²) >= 11 is 0. The molecule has 0 spiro atoms. The molecule has 2 aromatic rings. The van der Waals surface area contributed by atoms with Crippen LogP contribution in [0.25, 0.3) is 0 Å². The molecule has 54 heavy (non-hydrogen) atoms. The third kappa shape index (κ3) is 7.01. The zero-order valence-electron chi connectivity index (χ0n) is 29.6. The third-order valence-electron chi connectivity index (χ3n) is 10.3. The molecule has 6 rings (SSSR count). The number of imide groups is 1. The van der Waals surface area contributed by atoms with Gasteiger partial charge in [0.1, 0.15) is 22.8 Å². The first kappa shape index (κ1) is 38.7. The van der Waals surface area contributed by atoms with Crippen LogP contribution in [0.5, 0.6) is 17.2 Å². The van der Waals surface area contributed by atoms with Gasteiger partial charge in [0.05, 0.1) is 54.4 Å². The van der Waals surface area contributed by atoms with Gasteiger partial charge in [-0.25, -0.2) is 5.43 Å². The molecule has 2 heterocycles. The summed E-state index contributed by atoms with van der Waals surface area (Å²) in [5.41, 5.74) is 4.46. The van der Waals surface area contributed by atoms with Crippen LogP contribution in [0.15, 0.2) is 35.5 Å². The first-order chi connectivity index (χ1) is 25.7. The number of nitrogens with zero attached hydrogens (tertiary/aromatic N) is 2. The standard InChI is InChI=1S/C37H42N4O13/c1-17-32(46)20(38)13-27(53-17)54-22-15-37(51,23(16-42)39-40-24(43)9-4-3-5-12-41-25(44)10-11-26(41)45)14-19-29(22)36(50)31-30(34(19)48)33(47)18-7-6-8-21(52-2)28(18)35(31)49/h6-8,10-11,17,20,22,27,32,42,46,48,50-51H,3-5,9,12-16,38H2,1-2H3,(H,40,43)/b39-23+/t17?,20?,22-,27-,32?,37?/m1/s1. The lowest BCUT2D eigenvalue weighted by Crippen LogP contribution is -2.53. The quantitative estimate of drug-likeness (QED) is 0.0434. The van der Waals surface area contributed by atoms with Crippen molar-refractivity contribution in [1.29, 1.82) is 0 Å². The number of benzene rings is 2. The van der Waals surface area contributed by atoms with Gasteiger partial charge >= 0.3 is 0 Å². The van der Waals surface area contributed by atoms with Crippen LogP contribution in [0.3, 0.4) is 0 Å². The highest BCUT2D eigenvalue weighted by Crippen LogP contribution is 2.52. The van der Waals surface area contributed by atoms with Gasteiger partial charge in [0.25, 0.3) is 11.8 Å². The lowest BCUT2D eigenvalue weighted by atomic mass is 9.71. The number of hydrogen-bond acceptors (Lipinski definition) is 15. The average Bonchev–Trinajstić information content (AvgIpc) is 3.46. The maximum atomic E-state index is 14.0. The van der Waals surface area contributed by atoms with Crippen molar-refractivity contribution in [1.82, 2.24) is 10.3 Å². The molecule has 2 aliphatic carbocycles. The first-order valence-corrected chi connectivity index (χ1v) is 17.5. The van der Waals surface area contributed by atoms with Crippen molar-refractivity contribution in [2.24, 2.45) is 10.8 Å². The molecule has 4 unspecified atom stereocenters. The van der Waals surface area contributed by atoms with Crippen LogP contribution in [-0.2, 0) is 30.3 Å². The van der Waals surface area contributed by atoms with E-state index in [-0.39, 0.29) is 53.1 Å². The number of amides is 3. The number of ether oxygens (including phenoxy) is 3. The van der Waals surface area contributed by atoms with E-state index in [0.29, 0.717) is 19.3 Å². The number of unbranched alkanes of at least 4 members (excludes halogenated alkanes) is 2. The number of aliphatic hydroxyl groups is 3. The fourth-order valence-electron chi connectivity index (χ4n) is 7.47. The minimum absolute atomic E-state index is 0.0120. The largest absolute Gasteiger partial charge is 0.507 e. The van der Waals surface area contributed by atoms with Crippen molar-refractivity contribution in [2.45, 2.75) is 88.1 Å². The Morgan fingerprint density at radius 1 is 1.06 bits per heavy atom. The number of fused-ring (bicyclic) bond motifs is 3. The monoisotopic (exact) mass is 750 g/mol. The zero-order chi connectivity index (χ0) is 39.1. The maximum Gasteiger partial charge on any atom is 0.253 e. The van der Waals surface area contributed by atoms with Crippen LogP contribution in [0.4, 0.5) is 0 Å². The third-order valence-corrected chi connectivity index (χ3v) is 10.3. The van der Waals surface area contributed by atoms with Gasteiger partial charge in [0.2, 0.25) is 11.7 Å². The van der Waals surface area contributed by atoms with Crippen LogP contribution in [0, 0.1) is 0 Å². The molecule has 17 heteroatoms. The van der Waals surface area contributed by atoms with Crippen molar-refractivity contribution in [3.63, 3.8) is 0 Å². The molecule has 6 atom stereocenters. The maximum absolute atomic E-state index is 14.0. The molecule has 288 valence electrons. The smallest absolute Gasteiger partial charge is 0.253 e. The molecule has 17 nitrogen and oxygen atoms in total. The van der Waals surface area contributed by atoms with Crippen molar-refractivity contribution < 1.29 is 63.7 Å². The molecule has 0 aromatic heterocycles. The summed E-state index contributed by atoms with van der Waals surface area (Å²) in [5.74, 6) is -4.25. The van der Waals surface area contributed by atoms with Gasteiger partial charge in [0.15, 0.2) is 12.1 Å². The molecule has 1 saturated heterocycles. The second-order valence-corrected chi connectivity index (χ2v) is 13.8. The average molecular weight is 751 g/mol. The number of aliphatic hydroxyl groups excluding tert-OH is 2. The fraction of sp³-hybridized carbons (Fsp3) is 0.459. The Balaban J connectivity index is 1.29. The SMILES string of the molecule is COc1cccc2c1C(=O)c1c(O)c3c(c(O)c1C2=O)CC(O)(/C(CO)=N/NC(=O)CCCCCN1C(=O)C=CC1=O)C[C@H]3O[C@@H]1CC(N)C(O)C(C)O1. The summed E-state index contributed by atoms with van der Waals surface area (Å²) in [7, 11) is 1.32. The second kappa shape index (κ2) is 15.4. The lowest BCUT2D eigenvalue weighted by Gasteiger charge is -2.43. The van der Waals surface area contributed by atoms with Gasteiger partial charge in [-0.15, -0.1) is 0 Å². The molecule has 1 fully saturated rings. The van der Waals surface area contributed by atoms with Gasteiger partial charge < -0.3 is 45.5 Å². The number of carbonyl (C=O) groups excluding carboxylic acids is 5. The van der Waals surface area contributed by atoms with Gasteiger partial charge in [-0.2, -0.15) is 5.10 Å². The van der Waals surface area contributed by atoms with E-state index in [1.807, 2.05) is 0 Å². The predicted octanol–water partition coefficient (Wildman–Crippen LogP) is 0.390. The minimum atomic E-state index is -2.16. The van der Waals surface area contributed by atoms with E-state index < -0.39 is 108 Å². The van der Waals surface area contributed by atoms with E-state index in [2.05, 4.69) is 10.5 Å². The number of aromatic hydroxyl groups is 2. The van der Waals surface area contributed by atoms with Crippen molar-refractivity contribution in [3.8, 4) is 17.2 Å². The summed E-state index contributed by atoms with van der Waals surface area (Å²) in [4.78, 5) is 65.1. The Labute approximate surface area is 309 Å². The second-order valence-electron chi connectivity index (χ2n) is 13.8. The van der Waals surface area contributed by atoms with Gasteiger partial charge in [-0.3, -0.25) is 28.9 Å². The van der Waals surface area contributed by atoms with E-state index in [1.54, 1.807) is 6.92 Å². The Bertz CT molecular complexity index is 1930. The molecule has 3 amide bonds. The normalized spacial score (nSPS) is 26.4. The Hall–Kier alpha value is -5.04. The summed E-state index contributed by atoms with van der Waals surface area (Å²) < 4.78 is 17.4. The molecular formula is C37H42N4O13. The summed E-state index contributed by atoms with van der Waals surface area (Å²) in [6, 6.07) is 3.57. The lowest BCUT2D eigenvalue weighted by molar-refractivity contribution is -0.245. The van der Waals surface area contributed by atoms with Crippen LogP contribution in [-0.4, -0.2) is 116 Å². The number of phenolic OH excluding ortho intramolecular Hbond substituents is 2. The number of hydrazone groups is 1. The highest BCUT2D eigenvalue weighted by atomic mass is 16.7. The summed E-state index contributed by atoms with van der Waals surface area (Å²) in [5, 5.41) is 60.5. The molecule has 2 aliphatic heterocycles. The zero-order valence-corrected chi connectivity index (χ0v) is 29.6. The van der Waals surface area contributed by atoms with Crippen LogP contribution in [0.1, 0.15) is 94.5 Å². The number of nitrogens with one attached hydrogen (secondary N) is 1. The highest BCUT2D eigenvalue weighted by Gasteiger charge is 2.49. The van der Waals surface area contributed by atoms with Crippen LogP contribution >= 0.6 is 0 Å². The number of methoxy groups -OCH3 is 1. The highest BCUT2D eigenvalue weighted by molar-refractivity contribution is 6.31. The van der Waals surface area contributed by atoms with Crippen molar-refractivity contribution in [2.75, 3.05) is 20.3 Å². The van der Waals surface area contributed by atoms with Gasteiger partial charge in [-0.05, 0) is 25.8 Å². The molecule has 4 aliphatic rings. The van der Waals surface area contributed by atoms with E-state index >= 15 is 0 Å². The van der Waals surface area contributed by atoms with Gasteiger partial charge in [-0.1, -0.05) is 18.6 Å². The fourth-order valence-corrected chi connectivity index (χ4v) is 7.47. The number of carbonyl (C=O) groups is 5. The van der Waals surface area contributed by atoms with E-state index in [9.17, 15) is 49.5 Å². The Morgan fingerprint density at radius 2 is 1.76 bits per heavy atom. The molecule has 2 aromatic carbocycles. The molecule has 0 saturated carbocycles. The number of ketones is 2. The number of phenols is 2.